The molecule has 0 bridgehead atoms. The Morgan fingerprint density at radius 3 is 2.13 bits per heavy atom. The molecule has 0 aromatic heterocycles. The molecule has 0 radical (unpaired) electrons. The zero-order chi connectivity index (χ0) is 27.4. The summed E-state index contributed by atoms with van der Waals surface area (Å²) < 4.78 is 45.1. The van der Waals surface area contributed by atoms with Crippen LogP contribution in [0.15, 0.2) is 60.2 Å². The molecular formula is C34H42F2O3. The van der Waals surface area contributed by atoms with E-state index in [2.05, 4.69) is 49.4 Å². The Labute approximate surface area is 232 Å². The highest BCUT2D eigenvalue weighted by Gasteiger charge is 2.37. The van der Waals surface area contributed by atoms with Crippen molar-refractivity contribution in [2.24, 2.45) is 23.7 Å². The molecule has 2 fully saturated rings. The van der Waals surface area contributed by atoms with Crippen molar-refractivity contribution in [2.45, 2.75) is 71.1 Å². The van der Waals surface area contributed by atoms with Crippen LogP contribution in [0.25, 0.3) is 0 Å². The normalized spacial score (nSPS) is 28.4. The van der Waals surface area contributed by atoms with Gasteiger partial charge >= 0.3 is 0 Å². The highest BCUT2D eigenvalue weighted by Crippen LogP contribution is 2.48. The first-order valence-corrected chi connectivity index (χ1v) is 14.8. The van der Waals surface area contributed by atoms with Crippen LogP contribution >= 0.6 is 0 Å². The van der Waals surface area contributed by atoms with E-state index in [4.69, 9.17) is 14.2 Å². The van der Waals surface area contributed by atoms with Crippen LogP contribution < -0.4 is 14.2 Å². The third kappa shape index (κ3) is 6.18. The molecular weight excluding hydrogens is 494 g/mol. The maximum absolute atomic E-state index is 14.4. The third-order valence-corrected chi connectivity index (χ3v) is 9.21. The SMILES string of the molecule is CCOc1ccc(C2(C)C=CC(C3CCC4CC(COc5ccc(OCC)c(F)c5F)CCC4C3)=CC2)cc1. The van der Waals surface area contributed by atoms with Crippen molar-refractivity contribution in [3.63, 3.8) is 0 Å². The molecule has 5 atom stereocenters. The van der Waals surface area contributed by atoms with Crippen LogP contribution in [0.4, 0.5) is 8.78 Å². The van der Waals surface area contributed by atoms with Crippen molar-refractivity contribution in [1.29, 1.82) is 0 Å². The van der Waals surface area contributed by atoms with E-state index in [0.717, 1.165) is 30.9 Å². The molecule has 0 saturated heterocycles. The van der Waals surface area contributed by atoms with Crippen molar-refractivity contribution in [3.8, 4) is 17.2 Å². The second-order valence-corrected chi connectivity index (χ2v) is 11.8. The standard InChI is InChI=1S/C34H42F2O3/c1-4-37-29-12-10-28(11-13-29)34(3)18-16-24(17-19-34)26-9-8-25-20-23(6-7-27(25)21-26)22-39-31-15-14-30(38-5-2)32(35)33(31)36/h10-18,23,25-27H,4-9,19-22H2,1-3H3. The van der Waals surface area contributed by atoms with Crippen LogP contribution in [0.3, 0.4) is 0 Å². The molecule has 0 heterocycles. The minimum atomic E-state index is -0.970. The molecule has 2 saturated carbocycles. The van der Waals surface area contributed by atoms with Gasteiger partial charge in [-0.3, -0.25) is 0 Å². The van der Waals surface area contributed by atoms with Gasteiger partial charge in [-0.25, -0.2) is 0 Å². The van der Waals surface area contributed by atoms with Gasteiger partial charge in [-0.05, 0) is 118 Å². The maximum Gasteiger partial charge on any atom is 0.204 e. The second-order valence-electron chi connectivity index (χ2n) is 11.8. The predicted octanol–water partition coefficient (Wildman–Crippen LogP) is 8.82. The van der Waals surface area contributed by atoms with Gasteiger partial charge in [0.15, 0.2) is 11.5 Å². The summed E-state index contributed by atoms with van der Waals surface area (Å²) in [5, 5.41) is 0. The highest BCUT2D eigenvalue weighted by molar-refractivity contribution is 5.41. The Hall–Kier alpha value is -2.82. The zero-order valence-corrected chi connectivity index (χ0v) is 23.6. The molecule has 39 heavy (non-hydrogen) atoms. The molecule has 210 valence electrons. The molecule has 3 aliphatic carbocycles. The molecule has 3 nitrogen and oxygen atoms in total. The third-order valence-electron chi connectivity index (χ3n) is 9.21. The monoisotopic (exact) mass is 536 g/mol. The van der Waals surface area contributed by atoms with Crippen LogP contribution in [0.5, 0.6) is 17.2 Å². The van der Waals surface area contributed by atoms with Gasteiger partial charge in [0.05, 0.1) is 19.8 Å². The van der Waals surface area contributed by atoms with Gasteiger partial charge in [0.1, 0.15) is 5.75 Å². The first-order valence-electron chi connectivity index (χ1n) is 14.8. The van der Waals surface area contributed by atoms with E-state index in [1.54, 1.807) is 6.92 Å². The van der Waals surface area contributed by atoms with Crippen molar-refractivity contribution in [3.05, 3.63) is 77.4 Å². The van der Waals surface area contributed by atoms with E-state index in [1.807, 2.05) is 6.92 Å². The second kappa shape index (κ2) is 12.1. The van der Waals surface area contributed by atoms with Gasteiger partial charge in [0, 0.05) is 5.41 Å². The fraction of sp³-hybridized carbons (Fsp3) is 0.529. The van der Waals surface area contributed by atoms with Crippen molar-refractivity contribution < 1.29 is 23.0 Å². The van der Waals surface area contributed by atoms with Crippen LogP contribution in [-0.4, -0.2) is 19.8 Å². The fourth-order valence-electron chi connectivity index (χ4n) is 6.90. The number of ether oxygens (including phenoxy) is 3. The van der Waals surface area contributed by atoms with E-state index in [1.165, 1.54) is 49.0 Å². The molecule has 5 rings (SSSR count). The van der Waals surface area contributed by atoms with Crippen LogP contribution in [0, 0.1) is 35.3 Å². The van der Waals surface area contributed by atoms with Gasteiger partial charge < -0.3 is 14.2 Å². The topological polar surface area (TPSA) is 27.7 Å². The molecule has 2 aromatic carbocycles. The number of hydrogen-bond donors (Lipinski definition) is 0. The van der Waals surface area contributed by atoms with Gasteiger partial charge in [-0.2, -0.15) is 8.78 Å². The zero-order valence-electron chi connectivity index (χ0n) is 23.6. The van der Waals surface area contributed by atoms with Crippen LogP contribution in [0.1, 0.15) is 71.3 Å². The lowest BCUT2D eigenvalue weighted by atomic mass is 9.63. The van der Waals surface area contributed by atoms with E-state index < -0.39 is 11.6 Å². The van der Waals surface area contributed by atoms with Gasteiger partial charge in [0.2, 0.25) is 11.6 Å². The average molecular weight is 537 g/mol. The van der Waals surface area contributed by atoms with Gasteiger partial charge in [-0.1, -0.05) is 37.3 Å². The maximum atomic E-state index is 14.4. The summed E-state index contributed by atoms with van der Waals surface area (Å²) in [6.45, 7) is 7.49. The lowest BCUT2D eigenvalue weighted by molar-refractivity contribution is 0.0837. The molecule has 0 amide bonds. The quantitative estimate of drug-likeness (QED) is 0.320. The number of hydrogen-bond acceptors (Lipinski definition) is 3. The Bertz CT molecular complexity index is 1190. The first-order chi connectivity index (χ1) is 18.9. The molecule has 0 spiro atoms. The lowest BCUT2D eigenvalue weighted by Gasteiger charge is -2.43. The van der Waals surface area contributed by atoms with E-state index in [-0.39, 0.29) is 16.9 Å². The average Bonchev–Trinajstić information content (AvgIpc) is 2.96. The number of halogens is 2. The molecule has 5 heteroatoms. The minimum Gasteiger partial charge on any atom is -0.494 e. The summed E-state index contributed by atoms with van der Waals surface area (Å²) in [5.41, 5.74) is 2.86. The van der Waals surface area contributed by atoms with Gasteiger partial charge in [0.25, 0.3) is 0 Å². The van der Waals surface area contributed by atoms with Crippen molar-refractivity contribution in [1.82, 2.24) is 0 Å². The summed E-state index contributed by atoms with van der Waals surface area (Å²) in [5.74, 6) is 1.39. The van der Waals surface area contributed by atoms with Crippen molar-refractivity contribution >= 4 is 0 Å². The first kappa shape index (κ1) is 27.7. The Balaban J connectivity index is 1.12. The van der Waals surface area contributed by atoms with Crippen LogP contribution in [-0.2, 0) is 5.41 Å². The minimum absolute atomic E-state index is 0.0185. The van der Waals surface area contributed by atoms with Gasteiger partial charge in [-0.15, -0.1) is 0 Å². The fourth-order valence-corrected chi connectivity index (χ4v) is 6.90. The molecule has 0 N–H and O–H groups in total. The summed E-state index contributed by atoms with van der Waals surface area (Å²) in [4.78, 5) is 0. The number of rotatable bonds is 9. The predicted molar refractivity (Wildman–Crippen MR) is 151 cm³/mol. The van der Waals surface area contributed by atoms with E-state index in [9.17, 15) is 8.78 Å². The number of fused-ring (bicyclic) bond motifs is 1. The van der Waals surface area contributed by atoms with Crippen molar-refractivity contribution in [2.75, 3.05) is 19.8 Å². The van der Waals surface area contributed by atoms with E-state index in [0.29, 0.717) is 37.6 Å². The molecule has 2 aromatic rings. The lowest BCUT2D eigenvalue weighted by Crippen LogP contribution is -2.33. The molecule has 3 aliphatic rings. The summed E-state index contributed by atoms with van der Waals surface area (Å²) in [6.07, 6.45) is 15.4. The smallest absolute Gasteiger partial charge is 0.204 e. The Morgan fingerprint density at radius 2 is 1.46 bits per heavy atom. The van der Waals surface area contributed by atoms with E-state index >= 15 is 0 Å². The summed E-state index contributed by atoms with van der Waals surface area (Å²) in [7, 11) is 0. The number of benzene rings is 2. The summed E-state index contributed by atoms with van der Waals surface area (Å²) >= 11 is 0. The highest BCUT2D eigenvalue weighted by atomic mass is 19.2. The molecule has 0 aliphatic heterocycles. The largest absolute Gasteiger partial charge is 0.494 e. The number of allylic oxidation sites excluding steroid dienone is 4. The molecule has 5 unspecified atom stereocenters. The Morgan fingerprint density at radius 1 is 0.795 bits per heavy atom. The summed E-state index contributed by atoms with van der Waals surface area (Å²) in [6, 6.07) is 11.5. The van der Waals surface area contributed by atoms with Crippen LogP contribution in [0.2, 0.25) is 0 Å². The Kier molecular flexibility index (Phi) is 8.64.